The van der Waals surface area contributed by atoms with Crippen LogP contribution in [0.4, 0.5) is 5.69 Å². The summed E-state index contributed by atoms with van der Waals surface area (Å²) in [4.78, 5) is 22.5. The Morgan fingerprint density at radius 1 is 1.33 bits per heavy atom. The lowest BCUT2D eigenvalue weighted by molar-refractivity contribution is -0.131. The molecule has 0 saturated heterocycles. The summed E-state index contributed by atoms with van der Waals surface area (Å²) in [5.74, 6) is -1.17. The number of carboxylic acid groups (broad SMARTS) is 1. The van der Waals surface area contributed by atoms with Crippen molar-refractivity contribution < 1.29 is 14.7 Å². The van der Waals surface area contributed by atoms with Gasteiger partial charge in [-0.15, -0.1) is 11.3 Å². The molecule has 2 aromatic rings. The van der Waals surface area contributed by atoms with Crippen LogP contribution in [-0.4, -0.2) is 17.0 Å². The van der Waals surface area contributed by atoms with E-state index in [-0.39, 0.29) is 5.91 Å². The summed E-state index contributed by atoms with van der Waals surface area (Å²) in [5, 5.41) is 13.2. The molecule has 0 bridgehead atoms. The number of halogens is 1. The van der Waals surface area contributed by atoms with Crippen molar-refractivity contribution in [2.75, 3.05) is 5.32 Å². The number of carbonyl (C=O) groups excluding carboxylic acids is 1. The fourth-order valence-corrected chi connectivity index (χ4v) is 2.87. The monoisotopic (exact) mass is 365 g/mol. The quantitative estimate of drug-likeness (QED) is 0.799. The SMILES string of the molecule is Cc1cc(NC(=O)c2csc(Br)c2)ccc1/C=C/C(=O)O. The van der Waals surface area contributed by atoms with Gasteiger partial charge >= 0.3 is 5.97 Å². The molecular weight excluding hydrogens is 354 g/mol. The van der Waals surface area contributed by atoms with Crippen molar-refractivity contribution in [3.63, 3.8) is 0 Å². The zero-order chi connectivity index (χ0) is 15.4. The van der Waals surface area contributed by atoms with Crippen LogP contribution in [0.5, 0.6) is 0 Å². The highest BCUT2D eigenvalue weighted by atomic mass is 79.9. The van der Waals surface area contributed by atoms with Gasteiger partial charge in [0.2, 0.25) is 0 Å². The second-order valence-corrected chi connectivity index (χ2v) is 6.63. The highest BCUT2D eigenvalue weighted by molar-refractivity contribution is 9.11. The number of anilines is 1. The number of aryl methyl sites for hydroxylation is 1. The van der Waals surface area contributed by atoms with Crippen molar-refractivity contribution in [2.24, 2.45) is 0 Å². The van der Waals surface area contributed by atoms with E-state index in [4.69, 9.17) is 5.11 Å². The molecular formula is C15H12BrNO3S. The van der Waals surface area contributed by atoms with E-state index in [1.807, 2.05) is 6.92 Å². The smallest absolute Gasteiger partial charge is 0.328 e. The molecule has 0 aliphatic carbocycles. The molecule has 6 heteroatoms. The minimum Gasteiger partial charge on any atom is -0.478 e. The zero-order valence-electron chi connectivity index (χ0n) is 11.1. The first-order valence-electron chi connectivity index (χ1n) is 6.03. The van der Waals surface area contributed by atoms with Gasteiger partial charge in [0.15, 0.2) is 0 Å². The second kappa shape index (κ2) is 6.69. The summed E-state index contributed by atoms with van der Waals surface area (Å²) in [5.41, 5.74) is 2.96. The third kappa shape index (κ3) is 4.27. The van der Waals surface area contributed by atoms with Gasteiger partial charge in [0.1, 0.15) is 0 Å². The molecule has 0 unspecified atom stereocenters. The summed E-state index contributed by atoms with van der Waals surface area (Å²) >= 11 is 4.77. The molecule has 1 heterocycles. The number of rotatable bonds is 4. The van der Waals surface area contributed by atoms with Crippen LogP contribution in [0.3, 0.4) is 0 Å². The maximum atomic E-state index is 12.0. The standard InChI is InChI=1S/C15H12BrNO3S/c1-9-6-12(4-2-10(9)3-5-14(18)19)17-15(20)11-7-13(16)21-8-11/h2-8H,1H3,(H,17,20)(H,18,19)/b5-3+. The van der Waals surface area contributed by atoms with E-state index in [0.717, 1.165) is 21.0 Å². The van der Waals surface area contributed by atoms with Gasteiger partial charge in [-0.3, -0.25) is 4.79 Å². The van der Waals surface area contributed by atoms with E-state index < -0.39 is 5.97 Å². The molecule has 108 valence electrons. The highest BCUT2D eigenvalue weighted by Crippen LogP contribution is 2.22. The van der Waals surface area contributed by atoms with Gasteiger partial charge in [-0.2, -0.15) is 0 Å². The van der Waals surface area contributed by atoms with E-state index in [1.54, 1.807) is 29.6 Å². The largest absolute Gasteiger partial charge is 0.478 e. The predicted molar refractivity (Wildman–Crippen MR) is 87.8 cm³/mol. The minimum atomic E-state index is -0.991. The molecule has 2 N–H and O–H groups in total. The van der Waals surface area contributed by atoms with E-state index in [1.165, 1.54) is 17.4 Å². The number of aliphatic carboxylic acids is 1. The van der Waals surface area contributed by atoms with Crippen molar-refractivity contribution in [1.82, 2.24) is 0 Å². The number of hydrogen-bond donors (Lipinski definition) is 2. The van der Waals surface area contributed by atoms with Gasteiger partial charge < -0.3 is 10.4 Å². The number of benzene rings is 1. The normalized spacial score (nSPS) is 10.8. The van der Waals surface area contributed by atoms with Crippen molar-refractivity contribution >= 4 is 50.9 Å². The number of carboxylic acids is 1. The molecule has 0 fully saturated rings. The number of carbonyl (C=O) groups is 2. The lowest BCUT2D eigenvalue weighted by Crippen LogP contribution is -2.10. The van der Waals surface area contributed by atoms with Crippen LogP contribution >= 0.6 is 27.3 Å². The number of hydrogen-bond acceptors (Lipinski definition) is 3. The first-order chi connectivity index (χ1) is 9.95. The molecule has 21 heavy (non-hydrogen) atoms. The maximum Gasteiger partial charge on any atom is 0.328 e. The van der Waals surface area contributed by atoms with Gasteiger partial charge in [0, 0.05) is 17.1 Å². The number of amides is 1. The van der Waals surface area contributed by atoms with Crippen LogP contribution in [0.25, 0.3) is 6.08 Å². The number of nitrogens with one attached hydrogen (secondary N) is 1. The lowest BCUT2D eigenvalue weighted by atomic mass is 10.1. The van der Waals surface area contributed by atoms with Gasteiger partial charge in [-0.1, -0.05) is 6.07 Å². The van der Waals surface area contributed by atoms with Crippen molar-refractivity contribution in [2.45, 2.75) is 6.92 Å². The van der Waals surface area contributed by atoms with Crippen LogP contribution in [0.1, 0.15) is 21.5 Å². The Labute approximate surface area is 134 Å². The molecule has 1 amide bonds. The average molecular weight is 366 g/mol. The van der Waals surface area contributed by atoms with Gasteiger partial charge in [0.25, 0.3) is 5.91 Å². The van der Waals surface area contributed by atoms with Crippen LogP contribution in [0, 0.1) is 6.92 Å². The molecule has 1 aromatic carbocycles. The Balaban J connectivity index is 2.13. The van der Waals surface area contributed by atoms with E-state index in [0.29, 0.717) is 11.3 Å². The van der Waals surface area contributed by atoms with Crippen LogP contribution in [0.15, 0.2) is 39.5 Å². The van der Waals surface area contributed by atoms with E-state index >= 15 is 0 Å². The minimum absolute atomic E-state index is 0.176. The molecule has 0 radical (unpaired) electrons. The fourth-order valence-electron chi connectivity index (χ4n) is 1.73. The molecule has 4 nitrogen and oxygen atoms in total. The Bertz CT molecular complexity index is 721. The van der Waals surface area contributed by atoms with Gasteiger partial charge in [-0.25, -0.2) is 4.79 Å². The second-order valence-electron chi connectivity index (χ2n) is 4.34. The Morgan fingerprint density at radius 2 is 2.10 bits per heavy atom. The zero-order valence-corrected chi connectivity index (χ0v) is 13.5. The molecule has 0 spiro atoms. The Kier molecular flexibility index (Phi) is 4.93. The first kappa shape index (κ1) is 15.5. The summed E-state index contributed by atoms with van der Waals surface area (Å²) in [6.45, 7) is 1.86. The molecule has 0 aliphatic heterocycles. The van der Waals surface area contributed by atoms with Gasteiger partial charge in [0.05, 0.1) is 9.35 Å². The third-order valence-electron chi connectivity index (χ3n) is 2.76. The predicted octanol–water partition coefficient (Wildman–Crippen LogP) is 4.17. The third-order valence-corrected chi connectivity index (χ3v) is 4.27. The molecule has 0 saturated carbocycles. The van der Waals surface area contributed by atoms with Crippen molar-refractivity contribution in [3.8, 4) is 0 Å². The van der Waals surface area contributed by atoms with Crippen LogP contribution in [0.2, 0.25) is 0 Å². The molecule has 1 aromatic heterocycles. The summed E-state index contributed by atoms with van der Waals surface area (Å²) in [7, 11) is 0. The van der Waals surface area contributed by atoms with Crippen LogP contribution < -0.4 is 5.32 Å². The first-order valence-corrected chi connectivity index (χ1v) is 7.70. The summed E-state index contributed by atoms with van der Waals surface area (Å²) < 4.78 is 0.901. The lowest BCUT2D eigenvalue weighted by Gasteiger charge is -2.07. The fraction of sp³-hybridized carbons (Fsp3) is 0.0667. The summed E-state index contributed by atoms with van der Waals surface area (Å²) in [6, 6.07) is 7.08. The van der Waals surface area contributed by atoms with E-state index in [2.05, 4.69) is 21.2 Å². The molecule has 0 aliphatic rings. The van der Waals surface area contributed by atoms with Crippen LogP contribution in [-0.2, 0) is 4.79 Å². The maximum absolute atomic E-state index is 12.0. The highest BCUT2D eigenvalue weighted by Gasteiger charge is 2.08. The number of thiophene rings is 1. The molecule has 2 rings (SSSR count). The van der Waals surface area contributed by atoms with E-state index in [9.17, 15) is 9.59 Å². The Morgan fingerprint density at radius 3 is 2.67 bits per heavy atom. The topological polar surface area (TPSA) is 66.4 Å². The Hall–Kier alpha value is -1.92. The summed E-state index contributed by atoms with van der Waals surface area (Å²) in [6.07, 6.45) is 2.61. The molecule has 0 atom stereocenters. The average Bonchev–Trinajstić information content (AvgIpc) is 2.84. The van der Waals surface area contributed by atoms with Crippen molar-refractivity contribution in [1.29, 1.82) is 0 Å². The van der Waals surface area contributed by atoms with Crippen molar-refractivity contribution in [3.05, 3.63) is 56.2 Å². The van der Waals surface area contributed by atoms with Gasteiger partial charge in [-0.05, 0) is 58.3 Å².